The zero-order valence-corrected chi connectivity index (χ0v) is 9.37. The Labute approximate surface area is 89.4 Å². The summed E-state index contributed by atoms with van der Waals surface area (Å²) in [6.07, 6.45) is 0. The highest BCUT2D eigenvalue weighted by atomic mass is 16.5. The minimum atomic E-state index is 0.504. The Kier molecular flexibility index (Phi) is 2.40. The van der Waals surface area contributed by atoms with Gasteiger partial charge in [-0.05, 0) is 25.1 Å². The third-order valence-electron chi connectivity index (χ3n) is 2.96. The number of rotatable bonds is 2. The minimum Gasteiger partial charge on any atom is -0.496 e. The van der Waals surface area contributed by atoms with Crippen molar-refractivity contribution in [2.45, 2.75) is 13.5 Å². The standard InChI is InChI=1S/C12H16N2O/c1-8-6-9-10(7-13)12(15-3)5-4-11(9)14(8)2/h4-6H,7,13H2,1-3H3. The topological polar surface area (TPSA) is 40.2 Å². The number of methoxy groups -OCH3 is 1. The van der Waals surface area contributed by atoms with E-state index < -0.39 is 0 Å². The van der Waals surface area contributed by atoms with Crippen LogP contribution in [0.25, 0.3) is 10.9 Å². The normalized spacial score (nSPS) is 10.9. The number of hydrogen-bond donors (Lipinski definition) is 1. The number of ether oxygens (including phenoxy) is 1. The van der Waals surface area contributed by atoms with Crippen molar-refractivity contribution in [1.29, 1.82) is 0 Å². The smallest absolute Gasteiger partial charge is 0.124 e. The number of fused-ring (bicyclic) bond motifs is 1. The molecule has 0 aliphatic heterocycles. The van der Waals surface area contributed by atoms with Crippen LogP contribution in [0.5, 0.6) is 5.75 Å². The van der Waals surface area contributed by atoms with Gasteiger partial charge >= 0.3 is 0 Å². The van der Waals surface area contributed by atoms with E-state index in [1.807, 2.05) is 6.07 Å². The zero-order chi connectivity index (χ0) is 11.0. The second kappa shape index (κ2) is 3.59. The van der Waals surface area contributed by atoms with Crippen molar-refractivity contribution in [3.05, 3.63) is 29.5 Å². The molecule has 2 rings (SSSR count). The number of hydrogen-bond acceptors (Lipinski definition) is 2. The van der Waals surface area contributed by atoms with Crippen LogP contribution in [0, 0.1) is 6.92 Å². The van der Waals surface area contributed by atoms with Crippen molar-refractivity contribution >= 4 is 10.9 Å². The number of nitrogens with two attached hydrogens (primary N) is 1. The van der Waals surface area contributed by atoms with Gasteiger partial charge < -0.3 is 15.0 Å². The van der Waals surface area contributed by atoms with Gasteiger partial charge in [-0.25, -0.2) is 0 Å². The van der Waals surface area contributed by atoms with E-state index in [2.05, 4.69) is 30.7 Å². The first kappa shape index (κ1) is 10.1. The van der Waals surface area contributed by atoms with Crippen molar-refractivity contribution in [3.63, 3.8) is 0 Å². The summed E-state index contributed by atoms with van der Waals surface area (Å²) in [4.78, 5) is 0. The van der Waals surface area contributed by atoms with E-state index in [0.29, 0.717) is 6.54 Å². The molecule has 0 amide bonds. The molecule has 2 N–H and O–H groups in total. The van der Waals surface area contributed by atoms with Crippen LogP contribution in [0.2, 0.25) is 0 Å². The van der Waals surface area contributed by atoms with Gasteiger partial charge in [0.25, 0.3) is 0 Å². The molecule has 0 saturated heterocycles. The van der Waals surface area contributed by atoms with Gasteiger partial charge in [0.15, 0.2) is 0 Å². The van der Waals surface area contributed by atoms with Crippen LogP contribution in [-0.2, 0) is 13.6 Å². The fourth-order valence-corrected chi connectivity index (χ4v) is 1.98. The molecule has 1 aromatic carbocycles. The molecular weight excluding hydrogens is 188 g/mol. The summed E-state index contributed by atoms with van der Waals surface area (Å²) in [5.41, 5.74) is 9.28. The molecule has 0 spiro atoms. The van der Waals surface area contributed by atoms with Crippen molar-refractivity contribution in [3.8, 4) is 5.75 Å². The molecule has 0 atom stereocenters. The SMILES string of the molecule is COc1ccc2c(cc(C)n2C)c1CN. The van der Waals surface area contributed by atoms with Gasteiger partial charge in [0, 0.05) is 35.8 Å². The maximum Gasteiger partial charge on any atom is 0.124 e. The Morgan fingerprint density at radius 3 is 2.73 bits per heavy atom. The number of aromatic nitrogens is 1. The fourth-order valence-electron chi connectivity index (χ4n) is 1.98. The Bertz CT molecular complexity index is 500. The van der Waals surface area contributed by atoms with E-state index >= 15 is 0 Å². The lowest BCUT2D eigenvalue weighted by atomic mass is 10.1. The van der Waals surface area contributed by atoms with E-state index in [9.17, 15) is 0 Å². The lowest BCUT2D eigenvalue weighted by molar-refractivity contribution is 0.410. The monoisotopic (exact) mass is 204 g/mol. The predicted octanol–water partition coefficient (Wildman–Crippen LogP) is 1.95. The number of aryl methyl sites for hydroxylation is 2. The number of nitrogens with zero attached hydrogens (tertiary/aromatic N) is 1. The molecule has 0 radical (unpaired) electrons. The van der Waals surface area contributed by atoms with E-state index in [-0.39, 0.29) is 0 Å². The molecular formula is C12H16N2O. The summed E-state index contributed by atoms with van der Waals surface area (Å²) in [6, 6.07) is 6.20. The highest BCUT2D eigenvalue weighted by Gasteiger charge is 2.10. The second-order valence-corrected chi connectivity index (χ2v) is 3.73. The summed E-state index contributed by atoms with van der Waals surface area (Å²) in [7, 11) is 3.74. The van der Waals surface area contributed by atoms with Crippen molar-refractivity contribution in [1.82, 2.24) is 4.57 Å². The fraction of sp³-hybridized carbons (Fsp3) is 0.333. The van der Waals surface area contributed by atoms with Gasteiger partial charge in [-0.1, -0.05) is 0 Å². The largest absolute Gasteiger partial charge is 0.496 e. The van der Waals surface area contributed by atoms with E-state index in [1.165, 1.54) is 16.6 Å². The average Bonchev–Trinajstić information content (AvgIpc) is 2.54. The first-order valence-electron chi connectivity index (χ1n) is 5.01. The Balaban J connectivity index is 2.82. The van der Waals surface area contributed by atoms with Crippen molar-refractivity contribution in [2.24, 2.45) is 12.8 Å². The molecule has 2 aromatic rings. The lowest BCUT2D eigenvalue weighted by Crippen LogP contribution is -2.00. The Morgan fingerprint density at radius 1 is 1.40 bits per heavy atom. The maximum absolute atomic E-state index is 5.76. The van der Waals surface area contributed by atoms with Gasteiger partial charge in [0.2, 0.25) is 0 Å². The van der Waals surface area contributed by atoms with Gasteiger partial charge in [-0.3, -0.25) is 0 Å². The van der Waals surface area contributed by atoms with Crippen LogP contribution in [-0.4, -0.2) is 11.7 Å². The lowest BCUT2D eigenvalue weighted by Gasteiger charge is -2.08. The van der Waals surface area contributed by atoms with Crippen LogP contribution < -0.4 is 10.5 Å². The summed E-state index contributed by atoms with van der Waals surface area (Å²) in [6.45, 7) is 2.59. The van der Waals surface area contributed by atoms with Gasteiger partial charge in [0.1, 0.15) is 5.75 Å². The van der Waals surface area contributed by atoms with Crippen LogP contribution >= 0.6 is 0 Å². The molecule has 0 fully saturated rings. The molecule has 0 aliphatic rings. The highest BCUT2D eigenvalue weighted by molar-refractivity contribution is 5.86. The molecule has 0 aliphatic carbocycles. The molecule has 1 aromatic heterocycles. The Hall–Kier alpha value is -1.48. The average molecular weight is 204 g/mol. The molecule has 3 nitrogen and oxygen atoms in total. The van der Waals surface area contributed by atoms with Crippen molar-refractivity contribution in [2.75, 3.05) is 7.11 Å². The second-order valence-electron chi connectivity index (χ2n) is 3.73. The third kappa shape index (κ3) is 1.39. The molecule has 1 heterocycles. The third-order valence-corrected chi connectivity index (χ3v) is 2.96. The first-order chi connectivity index (χ1) is 7.19. The summed E-state index contributed by atoms with van der Waals surface area (Å²) in [5.74, 6) is 0.871. The molecule has 0 unspecified atom stereocenters. The van der Waals surface area contributed by atoms with Crippen LogP contribution in [0.3, 0.4) is 0 Å². The molecule has 80 valence electrons. The quantitative estimate of drug-likeness (QED) is 0.812. The number of benzene rings is 1. The van der Waals surface area contributed by atoms with Crippen LogP contribution in [0.4, 0.5) is 0 Å². The summed E-state index contributed by atoms with van der Waals surface area (Å²) in [5, 5.41) is 1.19. The van der Waals surface area contributed by atoms with Gasteiger partial charge in [-0.2, -0.15) is 0 Å². The van der Waals surface area contributed by atoms with E-state index in [0.717, 1.165) is 11.3 Å². The molecule has 0 bridgehead atoms. The van der Waals surface area contributed by atoms with Gasteiger partial charge in [0.05, 0.1) is 7.11 Å². The Morgan fingerprint density at radius 2 is 2.13 bits per heavy atom. The zero-order valence-electron chi connectivity index (χ0n) is 9.37. The van der Waals surface area contributed by atoms with Gasteiger partial charge in [-0.15, -0.1) is 0 Å². The predicted molar refractivity (Wildman–Crippen MR) is 62.1 cm³/mol. The summed E-state index contributed by atoms with van der Waals surface area (Å²) >= 11 is 0. The summed E-state index contributed by atoms with van der Waals surface area (Å²) < 4.78 is 7.46. The molecule has 3 heteroatoms. The van der Waals surface area contributed by atoms with Crippen LogP contribution in [0.15, 0.2) is 18.2 Å². The highest BCUT2D eigenvalue weighted by Crippen LogP contribution is 2.29. The molecule has 0 saturated carbocycles. The maximum atomic E-state index is 5.76. The van der Waals surface area contributed by atoms with E-state index in [1.54, 1.807) is 7.11 Å². The van der Waals surface area contributed by atoms with Crippen molar-refractivity contribution < 1.29 is 4.74 Å². The van der Waals surface area contributed by atoms with E-state index in [4.69, 9.17) is 10.5 Å². The minimum absolute atomic E-state index is 0.504. The first-order valence-corrected chi connectivity index (χ1v) is 5.01. The van der Waals surface area contributed by atoms with Crippen LogP contribution in [0.1, 0.15) is 11.3 Å². The molecule has 15 heavy (non-hydrogen) atoms.